The monoisotopic (exact) mass is 486 g/mol. The number of nitrogens with one attached hydrogen (secondary N) is 1. The lowest BCUT2D eigenvalue weighted by molar-refractivity contribution is -0.0688. The van der Waals surface area contributed by atoms with E-state index >= 15 is 0 Å². The minimum atomic E-state index is 0.0309. The van der Waals surface area contributed by atoms with Gasteiger partial charge in [0.15, 0.2) is 0 Å². The Hall–Kier alpha value is -2.53. The number of oxazole rings is 1. The summed E-state index contributed by atoms with van der Waals surface area (Å²) < 4.78 is 5.97. The standard InChI is InChI=1S/C30H34N2O2S/c1-19-27(18-35-26-6-4-3-5-7-26)32-29(34-19)25-10-8-24(9-11-25)28(33)31-20(2)30-15-21-12-22(16-30)14-23(13-21)17-30/h3-11,20-23H,12-18H2,1-2H3,(H,31,33)/t20-,21?,22?,23?,30?/m1/s1. The van der Waals surface area contributed by atoms with Gasteiger partial charge < -0.3 is 9.73 Å². The van der Waals surface area contributed by atoms with Gasteiger partial charge in [-0.25, -0.2) is 4.98 Å². The van der Waals surface area contributed by atoms with Gasteiger partial charge in [-0.1, -0.05) is 18.2 Å². The van der Waals surface area contributed by atoms with Gasteiger partial charge in [0.25, 0.3) is 5.91 Å². The summed E-state index contributed by atoms with van der Waals surface area (Å²) in [6.07, 6.45) is 8.17. The molecular weight excluding hydrogens is 452 g/mol. The van der Waals surface area contributed by atoms with Crippen molar-refractivity contribution in [2.45, 2.75) is 69.1 Å². The predicted molar refractivity (Wildman–Crippen MR) is 140 cm³/mol. The van der Waals surface area contributed by atoms with E-state index in [4.69, 9.17) is 9.40 Å². The maximum atomic E-state index is 13.1. The summed E-state index contributed by atoms with van der Waals surface area (Å²) in [7, 11) is 0. The first-order chi connectivity index (χ1) is 17.0. The minimum absolute atomic E-state index is 0.0309. The molecule has 5 heteroatoms. The molecule has 0 radical (unpaired) electrons. The number of rotatable bonds is 7. The van der Waals surface area contributed by atoms with Crippen LogP contribution >= 0.6 is 11.8 Å². The second-order valence-corrected chi connectivity index (χ2v) is 12.2. The predicted octanol–water partition coefficient (Wildman–Crippen LogP) is 7.28. The van der Waals surface area contributed by atoms with Crippen LogP contribution in [-0.2, 0) is 5.75 Å². The topological polar surface area (TPSA) is 55.1 Å². The van der Waals surface area contributed by atoms with E-state index in [2.05, 4.69) is 24.4 Å². The highest BCUT2D eigenvalue weighted by atomic mass is 32.2. The Bertz CT molecular complexity index is 1170. The van der Waals surface area contributed by atoms with Crippen LogP contribution in [0, 0.1) is 30.1 Å². The zero-order valence-corrected chi connectivity index (χ0v) is 21.4. The summed E-state index contributed by atoms with van der Waals surface area (Å²) in [5.41, 5.74) is 2.87. The van der Waals surface area contributed by atoms with E-state index in [0.29, 0.717) is 16.9 Å². The van der Waals surface area contributed by atoms with Crippen LogP contribution in [0.5, 0.6) is 0 Å². The fraction of sp³-hybridized carbons (Fsp3) is 0.467. The number of aromatic nitrogens is 1. The number of benzene rings is 2. The van der Waals surface area contributed by atoms with Crippen LogP contribution in [-0.4, -0.2) is 16.9 Å². The second-order valence-electron chi connectivity index (χ2n) is 11.2. The van der Waals surface area contributed by atoms with Crippen LogP contribution in [0.3, 0.4) is 0 Å². The van der Waals surface area contributed by atoms with Crippen molar-refractivity contribution in [3.05, 3.63) is 71.6 Å². The maximum Gasteiger partial charge on any atom is 0.251 e. The van der Waals surface area contributed by atoms with Gasteiger partial charge in [0, 0.05) is 27.8 Å². The second kappa shape index (κ2) is 9.16. The van der Waals surface area contributed by atoms with E-state index in [1.165, 1.54) is 43.4 Å². The number of carbonyl (C=O) groups is 1. The Morgan fingerprint density at radius 3 is 2.29 bits per heavy atom. The Kier molecular flexibility index (Phi) is 6.00. The van der Waals surface area contributed by atoms with Crippen LogP contribution in [0.25, 0.3) is 11.5 Å². The molecule has 4 bridgehead atoms. The fourth-order valence-electron chi connectivity index (χ4n) is 7.26. The first kappa shape index (κ1) is 22.9. The number of thioether (sulfide) groups is 1. The van der Waals surface area contributed by atoms with Crippen LogP contribution in [0.1, 0.15) is 67.3 Å². The molecule has 182 valence electrons. The molecule has 4 nitrogen and oxygen atoms in total. The Morgan fingerprint density at radius 2 is 1.66 bits per heavy atom. The van der Waals surface area contributed by atoms with Crippen molar-refractivity contribution >= 4 is 17.7 Å². The quantitative estimate of drug-likeness (QED) is 0.357. The van der Waals surface area contributed by atoms with Crippen molar-refractivity contribution in [2.75, 3.05) is 0 Å². The molecule has 0 spiro atoms. The lowest BCUT2D eigenvalue weighted by Gasteiger charge is -2.59. The van der Waals surface area contributed by atoms with Gasteiger partial charge in [0.05, 0.1) is 5.69 Å². The van der Waals surface area contributed by atoms with E-state index in [1.807, 2.05) is 49.4 Å². The molecule has 1 amide bonds. The molecule has 35 heavy (non-hydrogen) atoms. The number of aryl methyl sites for hydroxylation is 1. The van der Waals surface area contributed by atoms with E-state index in [9.17, 15) is 4.79 Å². The average molecular weight is 487 g/mol. The summed E-state index contributed by atoms with van der Waals surface area (Å²) in [6.45, 7) is 4.20. The maximum absolute atomic E-state index is 13.1. The SMILES string of the molecule is Cc1oc(-c2ccc(C(=O)N[C@H](C)C34CC5CC(CC(C5)C3)C4)cc2)nc1CSc1ccccc1. The molecule has 1 aromatic heterocycles. The van der Waals surface area contributed by atoms with Gasteiger partial charge in [-0.05, 0) is 112 Å². The Morgan fingerprint density at radius 1 is 1.03 bits per heavy atom. The molecular formula is C30H34N2O2S. The van der Waals surface area contributed by atoms with Gasteiger partial charge in [0.1, 0.15) is 5.76 Å². The van der Waals surface area contributed by atoms with Gasteiger partial charge in [-0.15, -0.1) is 11.8 Å². The van der Waals surface area contributed by atoms with Gasteiger partial charge >= 0.3 is 0 Å². The van der Waals surface area contributed by atoms with E-state index in [-0.39, 0.29) is 11.9 Å². The largest absolute Gasteiger partial charge is 0.441 e. The zero-order valence-electron chi connectivity index (χ0n) is 20.6. The van der Waals surface area contributed by atoms with Crippen LogP contribution in [0.4, 0.5) is 0 Å². The summed E-state index contributed by atoms with van der Waals surface area (Å²) >= 11 is 1.75. The normalized spacial score (nSPS) is 27.7. The van der Waals surface area contributed by atoms with Gasteiger partial charge in [-0.3, -0.25) is 4.79 Å². The molecule has 4 saturated carbocycles. The summed E-state index contributed by atoms with van der Waals surface area (Å²) in [5.74, 6) is 4.92. The molecule has 1 atom stereocenters. The van der Waals surface area contributed by atoms with Crippen LogP contribution in [0.15, 0.2) is 63.9 Å². The Labute approximate surface area is 212 Å². The molecule has 4 aliphatic carbocycles. The zero-order chi connectivity index (χ0) is 24.0. The lowest BCUT2D eigenvalue weighted by Crippen LogP contribution is -2.55. The first-order valence-corrected chi connectivity index (χ1v) is 14.0. The minimum Gasteiger partial charge on any atom is -0.441 e. The molecule has 7 rings (SSSR count). The highest BCUT2D eigenvalue weighted by Crippen LogP contribution is 2.61. The molecule has 0 aliphatic heterocycles. The lowest BCUT2D eigenvalue weighted by atomic mass is 9.48. The molecule has 4 aliphatic rings. The van der Waals surface area contributed by atoms with E-state index < -0.39 is 0 Å². The average Bonchev–Trinajstić information content (AvgIpc) is 3.23. The third-order valence-corrected chi connectivity index (χ3v) is 9.78. The summed E-state index contributed by atoms with van der Waals surface area (Å²) in [4.78, 5) is 19.1. The molecule has 0 unspecified atom stereocenters. The summed E-state index contributed by atoms with van der Waals surface area (Å²) in [5, 5.41) is 3.38. The Balaban J connectivity index is 1.10. The van der Waals surface area contributed by atoms with E-state index in [1.54, 1.807) is 11.8 Å². The third kappa shape index (κ3) is 4.55. The molecule has 0 saturated heterocycles. The third-order valence-electron chi connectivity index (χ3n) is 8.76. The number of amides is 1. The smallest absolute Gasteiger partial charge is 0.251 e. The highest BCUT2D eigenvalue weighted by molar-refractivity contribution is 7.98. The van der Waals surface area contributed by atoms with Crippen molar-refractivity contribution in [3.63, 3.8) is 0 Å². The van der Waals surface area contributed by atoms with E-state index in [0.717, 1.165) is 40.5 Å². The molecule has 2 aromatic carbocycles. The first-order valence-electron chi connectivity index (χ1n) is 13.0. The molecule has 1 N–H and O–H groups in total. The van der Waals surface area contributed by atoms with Crippen LogP contribution in [0.2, 0.25) is 0 Å². The molecule has 3 aromatic rings. The number of hydrogen-bond donors (Lipinski definition) is 1. The van der Waals surface area contributed by atoms with Crippen molar-refractivity contribution in [3.8, 4) is 11.5 Å². The number of nitrogens with zero attached hydrogens (tertiary/aromatic N) is 1. The van der Waals surface area contributed by atoms with Gasteiger partial charge in [-0.2, -0.15) is 0 Å². The number of carbonyl (C=O) groups excluding carboxylic acids is 1. The molecule has 1 heterocycles. The van der Waals surface area contributed by atoms with Crippen LogP contribution < -0.4 is 5.32 Å². The van der Waals surface area contributed by atoms with Crippen molar-refractivity contribution < 1.29 is 9.21 Å². The van der Waals surface area contributed by atoms with Crippen molar-refractivity contribution in [2.24, 2.45) is 23.2 Å². The van der Waals surface area contributed by atoms with Gasteiger partial charge in [0.2, 0.25) is 5.89 Å². The summed E-state index contributed by atoms with van der Waals surface area (Å²) in [6, 6.07) is 18.2. The number of hydrogen-bond acceptors (Lipinski definition) is 4. The van der Waals surface area contributed by atoms with Crippen molar-refractivity contribution in [1.82, 2.24) is 10.3 Å². The highest BCUT2D eigenvalue weighted by Gasteiger charge is 2.53. The van der Waals surface area contributed by atoms with Crippen molar-refractivity contribution in [1.29, 1.82) is 0 Å². The fourth-order valence-corrected chi connectivity index (χ4v) is 8.18. The molecule has 4 fully saturated rings.